The van der Waals surface area contributed by atoms with Crippen LogP contribution in [0.3, 0.4) is 0 Å². The summed E-state index contributed by atoms with van der Waals surface area (Å²) in [7, 11) is -2.55. The van der Waals surface area contributed by atoms with Crippen molar-refractivity contribution in [3.8, 4) is 11.1 Å². The molecule has 13 heteroatoms. The number of hydrogen-bond acceptors (Lipinski definition) is 9. The minimum absolute atomic E-state index is 0.110. The number of anilines is 1. The van der Waals surface area contributed by atoms with Gasteiger partial charge in [-0.25, -0.2) is 9.78 Å². The van der Waals surface area contributed by atoms with Gasteiger partial charge in [0.25, 0.3) is 0 Å². The van der Waals surface area contributed by atoms with E-state index in [1.807, 2.05) is 48.5 Å². The molecule has 3 aromatic rings. The smallest absolute Gasteiger partial charge is 0.410 e. The van der Waals surface area contributed by atoms with E-state index in [1.165, 1.54) is 0 Å². The zero-order valence-corrected chi connectivity index (χ0v) is 35.0. The number of aliphatic hydroxyl groups is 1. The number of hydrogen-bond donors (Lipinski definition) is 1. The molecular weight excluding hydrogens is 677 g/mol. The molecule has 2 aliphatic heterocycles. The zero-order chi connectivity index (χ0) is 37.4. The van der Waals surface area contributed by atoms with Crippen LogP contribution in [0.15, 0.2) is 30.6 Å². The molecule has 1 N–H and O–H groups in total. The van der Waals surface area contributed by atoms with E-state index < -0.39 is 27.3 Å². The van der Waals surface area contributed by atoms with E-state index in [1.54, 1.807) is 20.0 Å². The quantitative estimate of drug-likeness (QED) is 0.0996. The number of ether oxygens (including phenoxy) is 3. The minimum atomic E-state index is -1.28. The molecule has 3 aromatic heterocycles. The van der Waals surface area contributed by atoms with Crippen LogP contribution in [-0.2, 0) is 19.8 Å². The van der Waals surface area contributed by atoms with Crippen molar-refractivity contribution >= 4 is 33.7 Å². The second kappa shape index (κ2) is 15.3. The molecule has 2 aliphatic rings. The van der Waals surface area contributed by atoms with Crippen LogP contribution >= 0.6 is 0 Å². The Morgan fingerprint density at radius 3 is 2.00 bits per heavy atom. The molecule has 282 valence electrons. The first-order valence-corrected chi connectivity index (χ1v) is 26.1. The lowest BCUT2D eigenvalue weighted by Crippen LogP contribution is -2.48. The van der Waals surface area contributed by atoms with Gasteiger partial charge in [0.05, 0.1) is 11.9 Å². The highest BCUT2D eigenvalue weighted by molar-refractivity contribution is 6.76. The SMILES string of the molecule is CC(C)(C)OC(=O)N1C2CC[C@@H]1CC(c1cc(N(COCC[Si](C)(C)C)COCC[Si](C)(C)C)n3ncc(-c4ccc(C(C)(C)O)nc4)c3n1)C2. The fourth-order valence-corrected chi connectivity index (χ4v) is 8.34. The van der Waals surface area contributed by atoms with Gasteiger partial charge in [-0.15, -0.1) is 0 Å². The summed E-state index contributed by atoms with van der Waals surface area (Å²) in [5.74, 6) is 1.02. The van der Waals surface area contributed by atoms with Gasteiger partial charge in [0, 0.05) is 76.4 Å². The van der Waals surface area contributed by atoms with Gasteiger partial charge in [0.2, 0.25) is 0 Å². The molecule has 2 fully saturated rings. The van der Waals surface area contributed by atoms with Crippen molar-refractivity contribution in [2.75, 3.05) is 31.6 Å². The molecule has 2 unspecified atom stereocenters. The number of carbonyl (C=O) groups excluding carboxylic acids is 1. The second-order valence-electron chi connectivity index (χ2n) is 18.5. The Labute approximate surface area is 307 Å². The number of aromatic nitrogens is 4. The van der Waals surface area contributed by atoms with Gasteiger partial charge in [0.15, 0.2) is 5.65 Å². The maximum atomic E-state index is 13.3. The number of carbonyl (C=O) groups is 1. The van der Waals surface area contributed by atoms with Crippen molar-refractivity contribution < 1.29 is 24.1 Å². The lowest BCUT2D eigenvalue weighted by atomic mass is 9.88. The highest BCUT2D eigenvalue weighted by Crippen LogP contribution is 2.44. The first-order chi connectivity index (χ1) is 23.7. The van der Waals surface area contributed by atoms with E-state index in [4.69, 9.17) is 24.3 Å². The predicted octanol–water partition coefficient (Wildman–Crippen LogP) is 8.10. The maximum Gasteiger partial charge on any atom is 0.410 e. The van der Waals surface area contributed by atoms with Crippen molar-refractivity contribution in [3.05, 3.63) is 42.0 Å². The third kappa shape index (κ3) is 10.4. The van der Waals surface area contributed by atoms with E-state index in [0.29, 0.717) is 32.4 Å². The van der Waals surface area contributed by atoms with Crippen molar-refractivity contribution in [1.82, 2.24) is 24.5 Å². The van der Waals surface area contributed by atoms with Gasteiger partial charge < -0.3 is 29.1 Å². The van der Waals surface area contributed by atoms with Crippen LogP contribution in [0, 0.1) is 0 Å². The topological polar surface area (TPSA) is 115 Å². The third-order valence-corrected chi connectivity index (χ3v) is 13.1. The molecule has 2 saturated heterocycles. The van der Waals surface area contributed by atoms with Crippen LogP contribution < -0.4 is 4.90 Å². The molecule has 0 aliphatic carbocycles. The van der Waals surface area contributed by atoms with Crippen LogP contribution in [0.25, 0.3) is 16.8 Å². The van der Waals surface area contributed by atoms with Gasteiger partial charge >= 0.3 is 6.09 Å². The van der Waals surface area contributed by atoms with Crippen molar-refractivity contribution in [1.29, 1.82) is 0 Å². The first-order valence-electron chi connectivity index (χ1n) is 18.7. The average molecular weight is 739 g/mol. The fraction of sp³-hybridized carbons (Fsp3) is 0.684. The Morgan fingerprint density at radius 1 is 0.922 bits per heavy atom. The van der Waals surface area contributed by atoms with E-state index in [0.717, 1.165) is 66.1 Å². The maximum absolute atomic E-state index is 13.3. The largest absolute Gasteiger partial charge is 0.444 e. The molecule has 0 spiro atoms. The van der Waals surface area contributed by atoms with E-state index >= 15 is 0 Å². The fourth-order valence-electron chi connectivity index (χ4n) is 6.83. The molecule has 0 radical (unpaired) electrons. The summed E-state index contributed by atoms with van der Waals surface area (Å²) in [6, 6.07) is 8.37. The van der Waals surface area contributed by atoms with Gasteiger partial charge in [-0.1, -0.05) is 45.3 Å². The third-order valence-electron chi connectivity index (χ3n) is 9.74. The number of amides is 1. The molecule has 0 aromatic carbocycles. The highest BCUT2D eigenvalue weighted by Gasteiger charge is 2.45. The average Bonchev–Trinajstić information content (AvgIpc) is 3.55. The molecule has 5 rings (SSSR count). The van der Waals surface area contributed by atoms with Crippen molar-refractivity contribution in [3.63, 3.8) is 0 Å². The van der Waals surface area contributed by atoms with Gasteiger partial charge in [0.1, 0.15) is 30.5 Å². The molecular formula is C38H62N6O5Si2. The minimum Gasteiger partial charge on any atom is -0.444 e. The molecule has 1 amide bonds. The second-order valence-corrected chi connectivity index (χ2v) is 29.7. The summed E-state index contributed by atoms with van der Waals surface area (Å²) in [6.45, 7) is 25.5. The Balaban J connectivity index is 1.53. The van der Waals surface area contributed by atoms with E-state index in [9.17, 15) is 9.90 Å². The van der Waals surface area contributed by atoms with Crippen LogP contribution in [0.5, 0.6) is 0 Å². The zero-order valence-electron chi connectivity index (χ0n) is 33.0. The normalized spacial score (nSPS) is 19.9. The number of fused-ring (bicyclic) bond motifs is 3. The lowest BCUT2D eigenvalue weighted by molar-refractivity contribution is 0.00568. The van der Waals surface area contributed by atoms with Gasteiger partial charge in [-0.2, -0.15) is 9.61 Å². The monoisotopic (exact) mass is 738 g/mol. The summed E-state index contributed by atoms with van der Waals surface area (Å²) in [5, 5.41) is 15.4. The molecule has 5 heterocycles. The number of rotatable bonds is 14. The Bertz CT molecular complexity index is 1600. The number of nitrogens with zero attached hydrogens (tertiary/aromatic N) is 6. The van der Waals surface area contributed by atoms with Crippen LogP contribution in [0.1, 0.15) is 77.6 Å². The Hall–Kier alpha value is -2.85. The summed E-state index contributed by atoms with van der Waals surface area (Å²) in [5.41, 5.74) is 2.47. The summed E-state index contributed by atoms with van der Waals surface area (Å²) in [6.07, 6.45) is 7.00. The Morgan fingerprint density at radius 2 is 1.51 bits per heavy atom. The Kier molecular flexibility index (Phi) is 11.8. The first kappa shape index (κ1) is 39.4. The molecule has 3 atom stereocenters. The summed E-state index contributed by atoms with van der Waals surface area (Å²) in [4.78, 5) is 27.3. The van der Waals surface area contributed by atoms with Crippen LogP contribution in [-0.4, -0.2) is 96.2 Å². The molecule has 2 bridgehead atoms. The van der Waals surface area contributed by atoms with Gasteiger partial charge in [-0.05, 0) is 78.5 Å². The summed E-state index contributed by atoms with van der Waals surface area (Å²) >= 11 is 0. The number of pyridine rings is 1. The summed E-state index contributed by atoms with van der Waals surface area (Å²) < 4.78 is 20.4. The van der Waals surface area contributed by atoms with Crippen LogP contribution in [0.2, 0.25) is 51.4 Å². The predicted molar refractivity (Wildman–Crippen MR) is 209 cm³/mol. The highest BCUT2D eigenvalue weighted by atomic mass is 28.3. The van der Waals surface area contributed by atoms with Crippen molar-refractivity contribution in [2.24, 2.45) is 0 Å². The van der Waals surface area contributed by atoms with E-state index in [-0.39, 0.29) is 24.1 Å². The molecule has 11 nitrogen and oxygen atoms in total. The molecule has 0 saturated carbocycles. The van der Waals surface area contributed by atoms with Crippen molar-refractivity contribution in [2.45, 2.75) is 141 Å². The standard InChI is InChI=1S/C38H62N6O5Si2/c1-37(2,3)49-36(45)43-29-13-14-30(43)21-28(20-29)32-22-34(42(25-47-16-18-50(6,7)8)26-48-17-19-51(9,10)11)44-35(41-32)31(24-40-44)27-12-15-33(39-23-27)38(4,5)46/h12,15,22-24,28-30,46H,13-14,16-21,25-26H2,1-11H3/t28?,29-,30?/m1/s1. The molecule has 51 heavy (non-hydrogen) atoms. The van der Waals surface area contributed by atoms with Crippen LogP contribution in [0.4, 0.5) is 10.6 Å². The van der Waals surface area contributed by atoms with E-state index in [2.05, 4.69) is 55.2 Å². The number of piperidine rings is 1. The lowest BCUT2D eigenvalue weighted by Gasteiger charge is -2.39. The van der Waals surface area contributed by atoms with Gasteiger partial charge in [-0.3, -0.25) is 4.98 Å².